The molecule has 6 heteroatoms. The second-order valence-corrected chi connectivity index (χ2v) is 7.80. The van der Waals surface area contributed by atoms with E-state index < -0.39 is 0 Å². The molecule has 1 aromatic carbocycles. The quantitative estimate of drug-likeness (QED) is 0.827. The number of carbonyl (C=O) groups is 1. The van der Waals surface area contributed by atoms with Gasteiger partial charge in [-0.05, 0) is 50.0 Å². The number of hydrogen-bond donors (Lipinski definition) is 2. The van der Waals surface area contributed by atoms with E-state index >= 15 is 0 Å². The zero-order valence-electron chi connectivity index (χ0n) is 15.5. The highest BCUT2D eigenvalue weighted by Crippen LogP contribution is 2.32. The molecule has 1 aromatic rings. The number of carbonyl (C=O) groups excluding carboxylic acids is 1. The van der Waals surface area contributed by atoms with Crippen LogP contribution in [0.4, 0.5) is 11.4 Å². The molecular weight excluding hydrogens is 328 g/mol. The van der Waals surface area contributed by atoms with Gasteiger partial charge in [0.2, 0.25) is 5.91 Å². The highest BCUT2D eigenvalue weighted by atomic mass is 16.3. The first-order valence-electron chi connectivity index (χ1n) is 9.98. The summed E-state index contributed by atoms with van der Waals surface area (Å²) in [5.41, 5.74) is 3.51. The number of piperazine rings is 1. The average Bonchev–Trinajstić information content (AvgIpc) is 3.14. The number of likely N-dealkylation sites (tertiary alicyclic amines) is 1. The number of β-amino-alcohol motifs (C(OH)–C–C–N with tert-alkyl or cyclic N) is 1. The maximum atomic E-state index is 11.6. The zero-order chi connectivity index (χ0) is 17.9. The molecule has 142 valence electrons. The molecule has 3 aliphatic rings. The van der Waals surface area contributed by atoms with E-state index in [1.807, 2.05) is 12.1 Å². The third kappa shape index (κ3) is 4.03. The van der Waals surface area contributed by atoms with E-state index in [0.29, 0.717) is 6.42 Å². The molecule has 2 fully saturated rings. The molecule has 26 heavy (non-hydrogen) atoms. The van der Waals surface area contributed by atoms with Crippen LogP contribution in [0.2, 0.25) is 0 Å². The Morgan fingerprint density at radius 1 is 0.962 bits per heavy atom. The van der Waals surface area contributed by atoms with Crippen molar-refractivity contribution >= 4 is 17.3 Å². The fraction of sp³-hybridized carbons (Fsp3) is 0.650. The SMILES string of the molecule is O=C1CCc2c(cccc2N2CCN(CC(O)CN3CCCC3)CC2)N1. The number of nitrogens with one attached hydrogen (secondary N) is 1. The Morgan fingerprint density at radius 2 is 1.65 bits per heavy atom. The van der Waals surface area contributed by atoms with Crippen molar-refractivity contribution in [1.29, 1.82) is 0 Å². The molecule has 6 nitrogen and oxygen atoms in total. The number of nitrogens with zero attached hydrogens (tertiary/aromatic N) is 3. The molecule has 0 aromatic heterocycles. The van der Waals surface area contributed by atoms with Crippen molar-refractivity contribution in [3.63, 3.8) is 0 Å². The highest BCUT2D eigenvalue weighted by Gasteiger charge is 2.25. The predicted octanol–water partition coefficient (Wildman–Crippen LogP) is 1.15. The molecule has 0 spiro atoms. The smallest absolute Gasteiger partial charge is 0.224 e. The Balaban J connectivity index is 1.31. The third-order valence-electron chi connectivity index (χ3n) is 5.88. The highest BCUT2D eigenvalue weighted by molar-refractivity contribution is 5.95. The van der Waals surface area contributed by atoms with Crippen LogP contribution in [0.1, 0.15) is 24.8 Å². The van der Waals surface area contributed by atoms with Crippen LogP contribution < -0.4 is 10.2 Å². The first-order chi connectivity index (χ1) is 12.7. The summed E-state index contributed by atoms with van der Waals surface area (Å²) in [5.74, 6) is 0.117. The van der Waals surface area contributed by atoms with E-state index in [1.54, 1.807) is 0 Å². The predicted molar refractivity (Wildman–Crippen MR) is 104 cm³/mol. The van der Waals surface area contributed by atoms with E-state index in [0.717, 1.165) is 64.5 Å². The molecule has 3 heterocycles. The number of aliphatic hydroxyl groups excluding tert-OH is 1. The fourth-order valence-corrected chi connectivity index (χ4v) is 4.49. The second-order valence-electron chi connectivity index (χ2n) is 7.80. The molecule has 3 aliphatic heterocycles. The average molecular weight is 358 g/mol. The maximum absolute atomic E-state index is 11.6. The summed E-state index contributed by atoms with van der Waals surface area (Å²) >= 11 is 0. The number of fused-ring (bicyclic) bond motifs is 1. The first kappa shape index (κ1) is 17.8. The van der Waals surface area contributed by atoms with Gasteiger partial charge in [0.05, 0.1) is 6.10 Å². The Morgan fingerprint density at radius 3 is 2.38 bits per heavy atom. The van der Waals surface area contributed by atoms with E-state index in [4.69, 9.17) is 0 Å². The van der Waals surface area contributed by atoms with Crippen LogP contribution in [-0.4, -0.2) is 79.3 Å². The number of aliphatic hydroxyl groups is 1. The minimum atomic E-state index is -0.251. The van der Waals surface area contributed by atoms with Gasteiger partial charge in [0, 0.05) is 57.1 Å². The normalized spacial score (nSPS) is 23.0. The van der Waals surface area contributed by atoms with Crippen LogP contribution in [0.15, 0.2) is 18.2 Å². The lowest BCUT2D eigenvalue weighted by molar-refractivity contribution is -0.116. The van der Waals surface area contributed by atoms with Gasteiger partial charge in [0.25, 0.3) is 0 Å². The van der Waals surface area contributed by atoms with Crippen LogP contribution in [0.5, 0.6) is 0 Å². The summed E-state index contributed by atoms with van der Waals surface area (Å²) in [4.78, 5) is 18.8. The maximum Gasteiger partial charge on any atom is 0.224 e. The van der Waals surface area contributed by atoms with Crippen LogP contribution in [-0.2, 0) is 11.2 Å². The number of rotatable bonds is 5. The lowest BCUT2D eigenvalue weighted by atomic mass is 10.00. The van der Waals surface area contributed by atoms with Gasteiger partial charge in [-0.1, -0.05) is 6.07 Å². The number of benzene rings is 1. The fourth-order valence-electron chi connectivity index (χ4n) is 4.49. The molecule has 1 atom stereocenters. The lowest BCUT2D eigenvalue weighted by Crippen LogP contribution is -2.50. The molecule has 0 bridgehead atoms. The minimum absolute atomic E-state index is 0.117. The van der Waals surface area contributed by atoms with Gasteiger partial charge in [0.15, 0.2) is 0 Å². The second kappa shape index (κ2) is 7.94. The van der Waals surface area contributed by atoms with Gasteiger partial charge in [-0.15, -0.1) is 0 Å². The van der Waals surface area contributed by atoms with E-state index in [1.165, 1.54) is 24.1 Å². The van der Waals surface area contributed by atoms with E-state index in [9.17, 15) is 9.90 Å². The van der Waals surface area contributed by atoms with Crippen molar-refractivity contribution in [2.45, 2.75) is 31.8 Å². The molecular formula is C20H30N4O2. The summed E-state index contributed by atoms with van der Waals surface area (Å²) in [7, 11) is 0. The van der Waals surface area contributed by atoms with Crippen LogP contribution in [0, 0.1) is 0 Å². The van der Waals surface area contributed by atoms with Gasteiger partial charge in [-0.25, -0.2) is 0 Å². The number of anilines is 2. The summed E-state index contributed by atoms with van der Waals surface area (Å²) in [6.07, 6.45) is 3.69. The molecule has 0 radical (unpaired) electrons. The summed E-state index contributed by atoms with van der Waals surface area (Å²) in [6, 6.07) is 6.21. The number of hydrogen-bond acceptors (Lipinski definition) is 5. The zero-order valence-corrected chi connectivity index (χ0v) is 15.5. The van der Waals surface area contributed by atoms with Crippen molar-refractivity contribution in [1.82, 2.24) is 9.80 Å². The van der Waals surface area contributed by atoms with Gasteiger partial charge in [-0.2, -0.15) is 0 Å². The van der Waals surface area contributed by atoms with Gasteiger partial charge in [-0.3, -0.25) is 9.69 Å². The molecule has 4 rings (SSSR count). The molecule has 1 unspecified atom stereocenters. The summed E-state index contributed by atoms with van der Waals surface area (Å²) < 4.78 is 0. The number of amides is 1. The minimum Gasteiger partial charge on any atom is -0.390 e. The van der Waals surface area contributed by atoms with Crippen molar-refractivity contribution in [2.75, 3.05) is 62.6 Å². The first-order valence-corrected chi connectivity index (χ1v) is 9.98. The monoisotopic (exact) mass is 358 g/mol. The standard InChI is InChI=1S/C20H30N4O2/c25-16(14-22-8-1-2-9-22)15-23-10-12-24(13-11-23)19-5-3-4-18-17(19)6-7-20(26)21-18/h3-5,16,25H,1-2,6-15H2,(H,21,26). The Hall–Kier alpha value is -1.63. The van der Waals surface area contributed by atoms with Crippen LogP contribution >= 0.6 is 0 Å². The Bertz CT molecular complexity index is 637. The largest absolute Gasteiger partial charge is 0.390 e. The van der Waals surface area contributed by atoms with Gasteiger partial charge >= 0.3 is 0 Å². The van der Waals surface area contributed by atoms with Crippen LogP contribution in [0.3, 0.4) is 0 Å². The van der Waals surface area contributed by atoms with Gasteiger partial charge in [0.1, 0.15) is 0 Å². The van der Waals surface area contributed by atoms with E-state index in [2.05, 4.69) is 26.1 Å². The Kier molecular flexibility index (Phi) is 5.43. The molecule has 1 amide bonds. The van der Waals surface area contributed by atoms with Crippen molar-refractivity contribution < 1.29 is 9.90 Å². The Labute approximate surface area is 155 Å². The molecule has 2 N–H and O–H groups in total. The van der Waals surface area contributed by atoms with Crippen molar-refractivity contribution in [3.8, 4) is 0 Å². The van der Waals surface area contributed by atoms with Crippen LogP contribution in [0.25, 0.3) is 0 Å². The summed E-state index contributed by atoms with van der Waals surface area (Å²) in [6.45, 7) is 7.77. The topological polar surface area (TPSA) is 59.1 Å². The molecule has 0 aliphatic carbocycles. The van der Waals surface area contributed by atoms with Crippen molar-refractivity contribution in [3.05, 3.63) is 23.8 Å². The summed E-state index contributed by atoms with van der Waals surface area (Å²) in [5, 5.41) is 13.4. The van der Waals surface area contributed by atoms with Gasteiger partial charge < -0.3 is 20.2 Å². The molecule has 2 saturated heterocycles. The molecule has 0 saturated carbocycles. The third-order valence-corrected chi connectivity index (χ3v) is 5.88. The van der Waals surface area contributed by atoms with E-state index in [-0.39, 0.29) is 12.0 Å². The lowest BCUT2D eigenvalue weighted by Gasteiger charge is -2.38. The van der Waals surface area contributed by atoms with Crippen molar-refractivity contribution in [2.24, 2.45) is 0 Å².